The van der Waals surface area contributed by atoms with Crippen molar-refractivity contribution in [1.29, 1.82) is 0 Å². The zero-order valence-corrected chi connectivity index (χ0v) is 17.7. The van der Waals surface area contributed by atoms with Crippen LogP contribution in [0.1, 0.15) is 30.2 Å². The zero-order valence-electron chi connectivity index (χ0n) is 16.9. The lowest BCUT2D eigenvalue weighted by Gasteiger charge is -2.33. The van der Waals surface area contributed by atoms with Crippen molar-refractivity contribution in [2.24, 2.45) is 5.92 Å². The van der Waals surface area contributed by atoms with E-state index in [1.807, 2.05) is 24.3 Å². The van der Waals surface area contributed by atoms with Crippen LogP contribution in [0.4, 0.5) is 5.82 Å². The van der Waals surface area contributed by atoms with Gasteiger partial charge in [-0.15, -0.1) is 11.3 Å². The number of methoxy groups -OCH3 is 1. The van der Waals surface area contributed by atoms with Crippen molar-refractivity contribution in [2.45, 2.75) is 32.7 Å². The van der Waals surface area contributed by atoms with Gasteiger partial charge in [0.1, 0.15) is 22.7 Å². The summed E-state index contributed by atoms with van der Waals surface area (Å²) in [6.45, 7) is 4.30. The smallest absolute Gasteiger partial charge is 0.225 e. The minimum atomic E-state index is -0.0312. The zero-order chi connectivity index (χ0) is 20.2. The van der Waals surface area contributed by atoms with Gasteiger partial charge in [-0.3, -0.25) is 4.79 Å². The molecule has 1 unspecified atom stereocenters. The van der Waals surface area contributed by atoms with Gasteiger partial charge in [-0.05, 0) is 43.0 Å². The number of aryl methyl sites for hydroxylation is 1. The van der Waals surface area contributed by atoms with E-state index in [1.54, 1.807) is 24.8 Å². The van der Waals surface area contributed by atoms with Crippen molar-refractivity contribution in [2.75, 3.05) is 25.1 Å². The number of benzene rings is 1. The molecule has 7 heteroatoms. The molecular formula is C22H26N4O2S. The Labute approximate surface area is 174 Å². The number of piperidine rings is 1. The lowest BCUT2D eigenvalue weighted by molar-refractivity contribution is -0.125. The maximum absolute atomic E-state index is 12.8. The predicted molar refractivity (Wildman–Crippen MR) is 117 cm³/mol. The van der Waals surface area contributed by atoms with E-state index in [2.05, 4.69) is 33.2 Å². The number of amides is 1. The molecule has 1 aliphatic heterocycles. The highest BCUT2D eigenvalue weighted by atomic mass is 32.1. The molecule has 29 heavy (non-hydrogen) atoms. The van der Waals surface area contributed by atoms with Crippen molar-refractivity contribution in [3.63, 3.8) is 0 Å². The lowest BCUT2D eigenvalue weighted by Crippen LogP contribution is -2.43. The summed E-state index contributed by atoms with van der Waals surface area (Å²) in [5.41, 5.74) is 1.06. The number of ether oxygens (including phenoxy) is 1. The van der Waals surface area contributed by atoms with E-state index in [0.717, 1.165) is 53.2 Å². The highest BCUT2D eigenvalue weighted by Crippen LogP contribution is 2.32. The van der Waals surface area contributed by atoms with Gasteiger partial charge in [0.2, 0.25) is 5.91 Å². The maximum Gasteiger partial charge on any atom is 0.225 e. The molecule has 0 spiro atoms. The number of nitrogens with zero attached hydrogens (tertiary/aromatic N) is 3. The first-order valence-electron chi connectivity index (χ1n) is 10.1. The molecular weight excluding hydrogens is 384 g/mol. The normalized spacial score (nSPS) is 16.8. The van der Waals surface area contributed by atoms with Gasteiger partial charge in [-0.25, -0.2) is 9.97 Å². The molecule has 0 saturated carbocycles. The number of aromatic nitrogens is 2. The van der Waals surface area contributed by atoms with Crippen molar-refractivity contribution in [1.82, 2.24) is 15.3 Å². The van der Waals surface area contributed by atoms with Crippen molar-refractivity contribution < 1.29 is 9.53 Å². The Morgan fingerprint density at radius 3 is 2.90 bits per heavy atom. The number of carbonyl (C=O) groups is 1. The van der Waals surface area contributed by atoms with E-state index in [0.29, 0.717) is 13.1 Å². The fourth-order valence-electron chi connectivity index (χ4n) is 3.78. The molecule has 1 aliphatic rings. The van der Waals surface area contributed by atoms with Gasteiger partial charge in [0.05, 0.1) is 18.4 Å². The number of thiophene rings is 1. The summed E-state index contributed by atoms with van der Waals surface area (Å²) in [5.74, 6) is 1.85. The third-order valence-corrected chi connectivity index (χ3v) is 6.61. The summed E-state index contributed by atoms with van der Waals surface area (Å²) >= 11 is 1.72. The number of carbonyl (C=O) groups excluding carboxylic acids is 1. The Balaban J connectivity index is 1.42. The van der Waals surface area contributed by atoms with Gasteiger partial charge in [0, 0.05) is 24.5 Å². The van der Waals surface area contributed by atoms with Crippen LogP contribution in [-0.4, -0.2) is 36.1 Å². The van der Waals surface area contributed by atoms with E-state index in [9.17, 15) is 4.79 Å². The van der Waals surface area contributed by atoms with Crippen LogP contribution in [0.2, 0.25) is 0 Å². The van der Waals surface area contributed by atoms with Crippen LogP contribution in [0.3, 0.4) is 0 Å². The fourth-order valence-corrected chi connectivity index (χ4v) is 4.71. The van der Waals surface area contributed by atoms with E-state index in [4.69, 9.17) is 4.74 Å². The molecule has 3 aromatic rings. The second-order valence-electron chi connectivity index (χ2n) is 7.33. The fraction of sp³-hybridized carbons (Fsp3) is 0.409. The first-order valence-corrected chi connectivity index (χ1v) is 10.9. The standard InChI is InChI=1S/C22H26N4O2S/c1-3-18-11-19-20(24-14-25-22(19)29-18)26-10-4-5-16(13-26)21(27)23-12-15-6-8-17(28-2)9-7-15/h6-9,11,14,16H,3-5,10,12-13H2,1-2H3,(H,23,27). The van der Waals surface area contributed by atoms with Crippen molar-refractivity contribution in [3.05, 3.63) is 47.1 Å². The largest absolute Gasteiger partial charge is 0.497 e. The van der Waals surface area contributed by atoms with Crippen molar-refractivity contribution in [3.8, 4) is 5.75 Å². The van der Waals surface area contributed by atoms with E-state index in [-0.39, 0.29) is 11.8 Å². The topological polar surface area (TPSA) is 67.4 Å². The molecule has 0 bridgehead atoms. The molecule has 0 radical (unpaired) electrons. The molecule has 4 rings (SSSR count). The average Bonchev–Trinajstić information content (AvgIpc) is 3.21. The maximum atomic E-state index is 12.8. The molecule has 152 valence electrons. The minimum Gasteiger partial charge on any atom is -0.497 e. The first kappa shape index (κ1) is 19.6. The number of nitrogens with one attached hydrogen (secondary N) is 1. The molecule has 3 heterocycles. The minimum absolute atomic E-state index is 0.0312. The number of hydrogen-bond acceptors (Lipinski definition) is 6. The average molecular weight is 411 g/mol. The first-order chi connectivity index (χ1) is 14.2. The van der Waals surface area contributed by atoms with Gasteiger partial charge in [0.25, 0.3) is 0 Å². The van der Waals surface area contributed by atoms with Crippen LogP contribution in [0, 0.1) is 5.92 Å². The van der Waals surface area contributed by atoms with Crippen LogP contribution in [-0.2, 0) is 17.8 Å². The molecule has 0 aliphatic carbocycles. The van der Waals surface area contributed by atoms with Gasteiger partial charge in [-0.2, -0.15) is 0 Å². The third-order valence-electron chi connectivity index (χ3n) is 5.43. The second-order valence-corrected chi connectivity index (χ2v) is 8.45. The van der Waals surface area contributed by atoms with Gasteiger partial charge in [-0.1, -0.05) is 19.1 Å². The summed E-state index contributed by atoms with van der Waals surface area (Å²) in [5, 5.41) is 4.20. The quantitative estimate of drug-likeness (QED) is 0.670. The SMILES string of the molecule is CCc1cc2c(N3CCCC(C(=O)NCc4ccc(OC)cc4)C3)ncnc2s1. The predicted octanol–water partition coefficient (Wildman–Crippen LogP) is 3.80. The third kappa shape index (κ3) is 4.34. The molecule has 1 aromatic carbocycles. The Kier molecular flexibility index (Phi) is 5.94. The van der Waals surface area contributed by atoms with Crippen molar-refractivity contribution >= 4 is 33.3 Å². The van der Waals surface area contributed by atoms with Crippen LogP contribution in [0.25, 0.3) is 10.2 Å². The van der Waals surface area contributed by atoms with Gasteiger partial charge in [0.15, 0.2) is 0 Å². The van der Waals surface area contributed by atoms with Crippen LogP contribution in [0.15, 0.2) is 36.7 Å². The van der Waals surface area contributed by atoms with Crippen LogP contribution >= 0.6 is 11.3 Å². The number of anilines is 1. The summed E-state index contributed by atoms with van der Waals surface area (Å²) in [4.78, 5) is 26.4. The highest BCUT2D eigenvalue weighted by molar-refractivity contribution is 7.18. The summed E-state index contributed by atoms with van der Waals surface area (Å²) in [6.07, 6.45) is 4.53. The number of hydrogen-bond donors (Lipinski definition) is 1. The Bertz CT molecular complexity index is 986. The lowest BCUT2D eigenvalue weighted by atomic mass is 9.97. The number of rotatable bonds is 6. The molecule has 1 saturated heterocycles. The molecule has 1 fully saturated rings. The summed E-state index contributed by atoms with van der Waals surface area (Å²) in [7, 11) is 1.65. The monoisotopic (exact) mass is 410 g/mol. The summed E-state index contributed by atoms with van der Waals surface area (Å²) < 4.78 is 5.18. The Morgan fingerprint density at radius 2 is 2.14 bits per heavy atom. The molecule has 1 N–H and O–H groups in total. The molecule has 6 nitrogen and oxygen atoms in total. The molecule has 2 aromatic heterocycles. The van der Waals surface area contributed by atoms with E-state index < -0.39 is 0 Å². The van der Waals surface area contributed by atoms with E-state index >= 15 is 0 Å². The Morgan fingerprint density at radius 1 is 1.31 bits per heavy atom. The molecule has 1 amide bonds. The van der Waals surface area contributed by atoms with Crippen LogP contribution in [0.5, 0.6) is 5.75 Å². The number of fused-ring (bicyclic) bond motifs is 1. The van der Waals surface area contributed by atoms with Gasteiger partial charge < -0.3 is 15.0 Å². The van der Waals surface area contributed by atoms with E-state index in [1.165, 1.54) is 4.88 Å². The van der Waals surface area contributed by atoms with Crippen LogP contribution < -0.4 is 15.0 Å². The van der Waals surface area contributed by atoms with Gasteiger partial charge >= 0.3 is 0 Å². The second kappa shape index (κ2) is 8.78. The molecule has 1 atom stereocenters. The Hall–Kier alpha value is -2.67. The summed E-state index contributed by atoms with van der Waals surface area (Å²) in [6, 6.07) is 9.98. The highest BCUT2D eigenvalue weighted by Gasteiger charge is 2.27.